The van der Waals surface area contributed by atoms with Crippen LogP contribution in [-0.2, 0) is 4.79 Å². The topological polar surface area (TPSA) is 58.6 Å². The summed E-state index contributed by atoms with van der Waals surface area (Å²) in [7, 11) is 1.54. The van der Waals surface area contributed by atoms with Crippen molar-refractivity contribution in [3.8, 4) is 5.75 Å². The van der Waals surface area contributed by atoms with Crippen molar-refractivity contribution in [1.29, 1.82) is 0 Å². The molecule has 1 aromatic rings. The number of halogens is 1. The van der Waals surface area contributed by atoms with Gasteiger partial charge in [-0.25, -0.2) is 0 Å². The lowest BCUT2D eigenvalue weighted by molar-refractivity contribution is -0.130. The molecule has 0 aromatic heterocycles. The molecule has 2 amide bonds. The summed E-state index contributed by atoms with van der Waals surface area (Å²) < 4.78 is 5.36. The van der Waals surface area contributed by atoms with E-state index in [-0.39, 0.29) is 17.4 Å². The van der Waals surface area contributed by atoms with Crippen LogP contribution in [0.4, 0.5) is 0 Å². The van der Waals surface area contributed by atoms with E-state index in [1.54, 1.807) is 30.2 Å². The summed E-state index contributed by atoms with van der Waals surface area (Å²) in [6, 6.07) is 4.64. The summed E-state index contributed by atoms with van der Waals surface area (Å²) >= 11 is 6.12. The Hall–Kier alpha value is -1.75. The molecule has 156 valence electrons. The van der Waals surface area contributed by atoms with Gasteiger partial charge in [0.1, 0.15) is 11.8 Å². The highest BCUT2D eigenvalue weighted by molar-refractivity contribution is 6.31. The second-order valence-corrected chi connectivity index (χ2v) is 10.1. The van der Waals surface area contributed by atoms with Gasteiger partial charge in [-0.15, -0.1) is 0 Å². The lowest BCUT2D eigenvalue weighted by Crippen LogP contribution is -2.62. The maximum absolute atomic E-state index is 13.3. The molecule has 5 aliphatic rings. The first-order valence-electron chi connectivity index (χ1n) is 10.9. The van der Waals surface area contributed by atoms with Crippen LogP contribution in [0.5, 0.6) is 5.75 Å². The second kappa shape index (κ2) is 7.19. The molecule has 1 heterocycles. The Bertz CT molecular complexity index is 804. The molecule has 4 saturated carbocycles. The van der Waals surface area contributed by atoms with Gasteiger partial charge in [0.05, 0.1) is 12.7 Å². The first kappa shape index (κ1) is 19.2. The van der Waals surface area contributed by atoms with Crippen LogP contribution in [0.1, 0.15) is 61.7 Å². The van der Waals surface area contributed by atoms with E-state index >= 15 is 0 Å². The summed E-state index contributed by atoms with van der Waals surface area (Å²) in [6.07, 6.45) is 8.95. The molecule has 1 atom stereocenters. The van der Waals surface area contributed by atoms with Gasteiger partial charge in [0, 0.05) is 17.1 Å². The molecule has 6 heteroatoms. The van der Waals surface area contributed by atoms with Crippen molar-refractivity contribution in [3.05, 3.63) is 28.8 Å². The first-order chi connectivity index (χ1) is 14.0. The molecule has 1 aromatic carbocycles. The molecule has 1 saturated heterocycles. The number of carbonyl (C=O) groups excluding carboxylic acids is 2. The van der Waals surface area contributed by atoms with E-state index in [2.05, 4.69) is 5.32 Å². The Morgan fingerprint density at radius 2 is 1.79 bits per heavy atom. The molecular weight excluding hydrogens is 388 g/mol. The third kappa shape index (κ3) is 3.41. The summed E-state index contributed by atoms with van der Waals surface area (Å²) in [6.45, 7) is 0.591. The number of hydrogen-bond donors (Lipinski definition) is 1. The number of hydrogen-bond acceptors (Lipinski definition) is 3. The number of benzene rings is 1. The zero-order chi connectivity index (χ0) is 20.2. The Labute approximate surface area is 177 Å². The van der Waals surface area contributed by atoms with E-state index in [4.69, 9.17) is 16.3 Å². The Balaban J connectivity index is 1.34. The van der Waals surface area contributed by atoms with Crippen LogP contribution < -0.4 is 10.1 Å². The van der Waals surface area contributed by atoms with Crippen molar-refractivity contribution < 1.29 is 14.3 Å². The molecule has 5 nitrogen and oxygen atoms in total. The predicted octanol–water partition coefficient (Wildman–Crippen LogP) is 4.04. The highest BCUT2D eigenvalue weighted by Crippen LogP contribution is 2.55. The van der Waals surface area contributed by atoms with Crippen molar-refractivity contribution >= 4 is 23.4 Å². The minimum absolute atomic E-state index is 0.0267. The van der Waals surface area contributed by atoms with E-state index < -0.39 is 6.04 Å². The quantitative estimate of drug-likeness (QED) is 0.805. The number of rotatable bonds is 4. The number of nitrogens with one attached hydrogen (secondary N) is 1. The number of nitrogens with zero attached hydrogens (tertiary/aromatic N) is 1. The van der Waals surface area contributed by atoms with Crippen LogP contribution in [-0.4, -0.2) is 41.9 Å². The predicted molar refractivity (Wildman–Crippen MR) is 111 cm³/mol. The zero-order valence-electron chi connectivity index (χ0n) is 17.0. The minimum atomic E-state index is -0.404. The van der Waals surface area contributed by atoms with E-state index in [0.717, 1.165) is 43.4 Å². The number of carbonyl (C=O) groups is 2. The van der Waals surface area contributed by atoms with Crippen LogP contribution >= 0.6 is 11.6 Å². The van der Waals surface area contributed by atoms with Crippen LogP contribution in [0.2, 0.25) is 5.02 Å². The van der Waals surface area contributed by atoms with Crippen molar-refractivity contribution in [3.63, 3.8) is 0 Å². The molecule has 6 rings (SSSR count). The largest absolute Gasteiger partial charge is 0.496 e. The van der Waals surface area contributed by atoms with Gasteiger partial charge in [0.2, 0.25) is 5.91 Å². The molecule has 1 aliphatic heterocycles. The maximum atomic E-state index is 13.3. The third-order valence-electron chi connectivity index (χ3n) is 7.63. The minimum Gasteiger partial charge on any atom is -0.496 e. The monoisotopic (exact) mass is 416 g/mol. The van der Waals surface area contributed by atoms with Crippen molar-refractivity contribution in [2.24, 2.45) is 17.8 Å². The highest BCUT2D eigenvalue weighted by Gasteiger charge is 2.52. The van der Waals surface area contributed by atoms with E-state index in [1.807, 2.05) is 0 Å². The van der Waals surface area contributed by atoms with Gasteiger partial charge in [-0.3, -0.25) is 9.59 Å². The standard InChI is InChI=1S/C23H29ClN2O3/c1-29-20-5-4-17(24)10-18(20)22(28)26-6-2-3-19(26)21(27)25-23-11-14-7-15(12-23)9-16(8-14)13-23/h4-5,10,14-16,19H,2-3,6-9,11-13H2,1H3,(H,25,27). The van der Waals surface area contributed by atoms with Gasteiger partial charge in [0.25, 0.3) is 5.91 Å². The first-order valence-corrected chi connectivity index (χ1v) is 11.3. The van der Waals surface area contributed by atoms with E-state index in [9.17, 15) is 9.59 Å². The second-order valence-electron chi connectivity index (χ2n) is 9.69. The molecule has 1 N–H and O–H groups in total. The molecular formula is C23H29ClN2O3. The fourth-order valence-corrected chi connectivity index (χ4v) is 7.06. The number of ether oxygens (including phenoxy) is 1. The Morgan fingerprint density at radius 1 is 1.14 bits per heavy atom. The van der Waals surface area contributed by atoms with Crippen LogP contribution in [0.25, 0.3) is 0 Å². The smallest absolute Gasteiger partial charge is 0.258 e. The average molecular weight is 417 g/mol. The van der Waals surface area contributed by atoms with Gasteiger partial charge in [0.15, 0.2) is 0 Å². The molecule has 4 aliphatic carbocycles. The molecule has 29 heavy (non-hydrogen) atoms. The molecule has 0 radical (unpaired) electrons. The molecule has 1 unspecified atom stereocenters. The number of likely N-dealkylation sites (tertiary alicyclic amines) is 1. The summed E-state index contributed by atoms with van der Waals surface area (Å²) in [4.78, 5) is 28.3. The van der Waals surface area contributed by atoms with Gasteiger partial charge in [-0.2, -0.15) is 0 Å². The fourth-order valence-electron chi connectivity index (χ4n) is 6.89. The third-order valence-corrected chi connectivity index (χ3v) is 7.87. The van der Waals surface area contributed by atoms with Gasteiger partial charge >= 0.3 is 0 Å². The lowest BCUT2D eigenvalue weighted by atomic mass is 9.53. The number of methoxy groups -OCH3 is 1. The highest BCUT2D eigenvalue weighted by atomic mass is 35.5. The maximum Gasteiger partial charge on any atom is 0.258 e. The molecule has 4 bridgehead atoms. The Morgan fingerprint density at radius 3 is 2.41 bits per heavy atom. The lowest BCUT2D eigenvalue weighted by Gasteiger charge is -2.57. The van der Waals surface area contributed by atoms with E-state index in [0.29, 0.717) is 29.3 Å². The molecule has 5 fully saturated rings. The van der Waals surface area contributed by atoms with E-state index in [1.165, 1.54) is 19.3 Å². The van der Waals surface area contributed by atoms with Gasteiger partial charge in [-0.1, -0.05) is 11.6 Å². The van der Waals surface area contributed by atoms with Gasteiger partial charge in [-0.05, 0) is 87.3 Å². The van der Waals surface area contributed by atoms with Crippen LogP contribution in [0, 0.1) is 17.8 Å². The van der Waals surface area contributed by atoms with Crippen molar-refractivity contribution in [2.45, 2.75) is 62.9 Å². The number of amides is 2. The van der Waals surface area contributed by atoms with Crippen LogP contribution in [0.3, 0.4) is 0 Å². The van der Waals surface area contributed by atoms with Crippen molar-refractivity contribution in [2.75, 3.05) is 13.7 Å². The van der Waals surface area contributed by atoms with Crippen LogP contribution in [0.15, 0.2) is 18.2 Å². The Kier molecular flexibility index (Phi) is 4.77. The van der Waals surface area contributed by atoms with Gasteiger partial charge < -0.3 is 15.0 Å². The fraction of sp³-hybridized carbons (Fsp3) is 0.652. The van der Waals surface area contributed by atoms with Crippen molar-refractivity contribution in [1.82, 2.24) is 10.2 Å². The molecule has 0 spiro atoms. The SMILES string of the molecule is COc1ccc(Cl)cc1C(=O)N1CCCC1C(=O)NC12CC3CC(CC(C3)C1)C2. The summed E-state index contributed by atoms with van der Waals surface area (Å²) in [5.41, 5.74) is 0.395. The zero-order valence-corrected chi connectivity index (χ0v) is 17.7. The summed E-state index contributed by atoms with van der Waals surface area (Å²) in [5.74, 6) is 2.67. The normalized spacial score (nSPS) is 35.0. The summed E-state index contributed by atoms with van der Waals surface area (Å²) in [5, 5.41) is 3.94. The average Bonchev–Trinajstić information content (AvgIpc) is 3.16.